The quantitative estimate of drug-likeness (QED) is 0.633. The summed E-state index contributed by atoms with van der Waals surface area (Å²) in [4.78, 5) is 4.27. The van der Waals surface area contributed by atoms with Crippen LogP contribution in [0.25, 0.3) is 23.3 Å². The second-order valence-electron chi connectivity index (χ2n) is 6.40. The molecule has 4 rings (SSSR count). The molecule has 0 spiro atoms. The Bertz CT molecular complexity index is 1140. The van der Waals surface area contributed by atoms with Gasteiger partial charge in [-0.15, -0.1) is 0 Å². The number of aliphatic hydroxyl groups is 1. The average Bonchev–Trinajstić information content (AvgIpc) is 2.84. The fourth-order valence-corrected chi connectivity index (χ4v) is 3.41. The van der Waals surface area contributed by atoms with Crippen LogP contribution in [0.1, 0.15) is 39.6 Å². The summed E-state index contributed by atoms with van der Waals surface area (Å²) >= 11 is 0. The van der Waals surface area contributed by atoms with Crippen molar-refractivity contribution in [1.29, 1.82) is 5.26 Å². The maximum absolute atomic E-state index is 13.4. The van der Waals surface area contributed by atoms with E-state index in [1.165, 1.54) is 30.5 Å². The molecule has 28 heavy (non-hydrogen) atoms. The molecule has 138 valence electrons. The molecule has 1 atom stereocenters. The van der Waals surface area contributed by atoms with Gasteiger partial charge in [0.2, 0.25) is 0 Å². The fourth-order valence-electron chi connectivity index (χ4n) is 3.41. The van der Waals surface area contributed by atoms with Crippen molar-refractivity contribution in [2.45, 2.75) is 12.3 Å². The van der Waals surface area contributed by atoms with Gasteiger partial charge >= 0.3 is 6.18 Å². The topological polar surface area (TPSA) is 56.9 Å². The van der Waals surface area contributed by atoms with E-state index in [1.54, 1.807) is 30.4 Å². The molecule has 1 aromatic heterocycles. The van der Waals surface area contributed by atoms with Crippen molar-refractivity contribution in [3.63, 3.8) is 0 Å². The lowest BCUT2D eigenvalue weighted by molar-refractivity contribution is -0.137. The van der Waals surface area contributed by atoms with Gasteiger partial charge in [0.25, 0.3) is 0 Å². The lowest BCUT2D eigenvalue weighted by atomic mass is 9.93. The number of alkyl halides is 3. The Balaban J connectivity index is 1.89. The molecule has 0 aliphatic heterocycles. The Labute approximate surface area is 159 Å². The van der Waals surface area contributed by atoms with Crippen molar-refractivity contribution in [1.82, 2.24) is 4.98 Å². The van der Waals surface area contributed by atoms with Gasteiger partial charge in [-0.3, -0.25) is 4.98 Å². The maximum Gasteiger partial charge on any atom is 0.417 e. The summed E-state index contributed by atoms with van der Waals surface area (Å²) in [5.41, 5.74) is 1.83. The molecule has 0 saturated carbocycles. The van der Waals surface area contributed by atoms with Gasteiger partial charge in [0, 0.05) is 17.3 Å². The van der Waals surface area contributed by atoms with E-state index in [0.29, 0.717) is 27.9 Å². The van der Waals surface area contributed by atoms with Crippen LogP contribution in [-0.2, 0) is 6.18 Å². The monoisotopic (exact) mass is 378 g/mol. The number of rotatable bonds is 1. The highest BCUT2D eigenvalue weighted by atomic mass is 19.4. The summed E-state index contributed by atoms with van der Waals surface area (Å²) in [6.45, 7) is 0. The minimum absolute atomic E-state index is 0.00303. The number of nitrogens with zero attached hydrogens (tertiary/aromatic N) is 2. The number of hydrogen-bond donors (Lipinski definition) is 1. The highest BCUT2D eigenvalue weighted by Crippen LogP contribution is 2.39. The fraction of sp³-hybridized carbons (Fsp3) is 0.0909. The summed E-state index contributed by atoms with van der Waals surface area (Å²) in [6.07, 6.45) is -0.902. The lowest BCUT2D eigenvalue weighted by Gasteiger charge is -2.17. The summed E-state index contributed by atoms with van der Waals surface area (Å²) < 4.78 is 40.2. The molecule has 3 nitrogen and oxygen atoms in total. The van der Waals surface area contributed by atoms with Gasteiger partial charge < -0.3 is 5.11 Å². The van der Waals surface area contributed by atoms with Crippen LogP contribution in [0, 0.1) is 11.3 Å². The molecular weight excluding hydrogens is 365 g/mol. The van der Waals surface area contributed by atoms with Crippen molar-refractivity contribution in [3.05, 3.63) is 88.2 Å². The summed E-state index contributed by atoms with van der Waals surface area (Å²) in [6, 6.07) is 13.9. The van der Waals surface area contributed by atoms with Gasteiger partial charge in [0.1, 0.15) is 6.10 Å². The van der Waals surface area contributed by atoms with Crippen LogP contribution in [0.5, 0.6) is 0 Å². The van der Waals surface area contributed by atoms with Crippen LogP contribution in [0.3, 0.4) is 0 Å². The normalized spacial score (nSPS) is 15.3. The van der Waals surface area contributed by atoms with Gasteiger partial charge in [-0.2, -0.15) is 18.4 Å². The molecule has 1 aliphatic carbocycles. The third-order valence-electron chi connectivity index (χ3n) is 4.75. The molecular formula is C22H13F3N2O. The Morgan fingerprint density at radius 1 is 1.00 bits per heavy atom. The molecule has 0 radical (unpaired) electrons. The first-order valence-corrected chi connectivity index (χ1v) is 8.46. The highest BCUT2D eigenvalue weighted by Gasteiger charge is 2.33. The summed E-state index contributed by atoms with van der Waals surface area (Å²) in [5, 5.41) is 20.2. The molecule has 0 bridgehead atoms. The molecule has 6 heteroatoms. The lowest BCUT2D eigenvalue weighted by Crippen LogP contribution is -2.08. The minimum atomic E-state index is -4.50. The zero-order valence-corrected chi connectivity index (χ0v) is 14.4. The molecule has 1 aliphatic rings. The standard InChI is InChI=1S/C22H13F3N2O/c23-22(24,25)19-7-2-1-5-16(19)14-10-18-20(27-12-14)9-8-15-13(11-26)4-3-6-17(15)21(18)28/h1-10,12,21,28H. The molecule has 1 unspecified atom stereocenters. The predicted octanol–water partition coefficient (Wildman–Crippen LogP) is 5.20. The van der Waals surface area contributed by atoms with E-state index in [4.69, 9.17) is 0 Å². The first-order valence-electron chi connectivity index (χ1n) is 8.46. The molecule has 0 fully saturated rings. The largest absolute Gasteiger partial charge is 0.417 e. The highest BCUT2D eigenvalue weighted by molar-refractivity contribution is 5.79. The van der Waals surface area contributed by atoms with Gasteiger partial charge in [0.15, 0.2) is 0 Å². The maximum atomic E-state index is 13.4. The first-order chi connectivity index (χ1) is 13.4. The van der Waals surface area contributed by atoms with Gasteiger partial charge in [0.05, 0.1) is 22.9 Å². The number of hydrogen-bond acceptors (Lipinski definition) is 3. The molecule has 2 aromatic carbocycles. The minimum Gasteiger partial charge on any atom is -0.384 e. The molecule has 3 aromatic rings. The number of aliphatic hydroxyl groups excluding tert-OH is 1. The number of pyridine rings is 1. The van der Waals surface area contributed by atoms with Gasteiger partial charge in [-0.25, -0.2) is 0 Å². The van der Waals surface area contributed by atoms with Crippen molar-refractivity contribution < 1.29 is 18.3 Å². The second-order valence-corrected chi connectivity index (χ2v) is 6.40. The number of aromatic nitrogens is 1. The van der Waals surface area contributed by atoms with Crippen molar-refractivity contribution >= 4 is 12.2 Å². The van der Waals surface area contributed by atoms with E-state index in [9.17, 15) is 23.5 Å². The molecule has 0 amide bonds. The van der Waals surface area contributed by atoms with Crippen LogP contribution in [-0.4, -0.2) is 10.1 Å². The number of nitriles is 1. The number of halogens is 3. The summed E-state index contributed by atoms with van der Waals surface area (Å²) in [7, 11) is 0. The Morgan fingerprint density at radius 2 is 1.79 bits per heavy atom. The van der Waals surface area contributed by atoms with Crippen molar-refractivity contribution in [2.75, 3.05) is 0 Å². The van der Waals surface area contributed by atoms with Crippen molar-refractivity contribution in [3.8, 4) is 17.2 Å². The van der Waals surface area contributed by atoms with E-state index in [0.717, 1.165) is 6.07 Å². The van der Waals surface area contributed by atoms with Crippen molar-refractivity contribution in [2.24, 2.45) is 0 Å². The van der Waals surface area contributed by atoms with Gasteiger partial charge in [-0.1, -0.05) is 36.4 Å². The third kappa shape index (κ3) is 2.96. The van der Waals surface area contributed by atoms with E-state index >= 15 is 0 Å². The van der Waals surface area contributed by atoms with E-state index in [-0.39, 0.29) is 11.1 Å². The smallest absolute Gasteiger partial charge is 0.384 e. The SMILES string of the molecule is N#Cc1cccc2c1C=Cc1ncc(-c3ccccc3C(F)(F)F)cc1C2O. The molecule has 1 N–H and O–H groups in total. The molecule has 1 heterocycles. The van der Waals surface area contributed by atoms with Gasteiger partial charge in [-0.05, 0) is 41.0 Å². The van der Waals surface area contributed by atoms with Crippen LogP contribution >= 0.6 is 0 Å². The van der Waals surface area contributed by atoms with E-state index in [2.05, 4.69) is 11.1 Å². The van der Waals surface area contributed by atoms with Crippen LogP contribution in [0.4, 0.5) is 13.2 Å². The predicted molar refractivity (Wildman–Crippen MR) is 98.8 cm³/mol. The number of benzene rings is 2. The zero-order chi connectivity index (χ0) is 19.9. The van der Waals surface area contributed by atoms with Crippen LogP contribution < -0.4 is 0 Å². The van der Waals surface area contributed by atoms with E-state index in [1.807, 2.05) is 0 Å². The van der Waals surface area contributed by atoms with Crippen LogP contribution in [0.15, 0.2) is 54.7 Å². The Kier molecular flexibility index (Phi) is 4.25. The third-order valence-corrected chi connectivity index (χ3v) is 4.75. The van der Waals surface area contributed by atoms with Crippen LogP contribution in [0.2, 0.25) is 0 Å². The first kappa shape index (κ1) is 18.0. The number of fused-ring (bicyclic) bond motifs is 2. The Morgan fingerprint density at radius 3 is 2.54 bits per heavy atom. The summed E-state index contributed by atoms with van der Waals surface area (Å²) in [5.74, 6) is 0. The molecule has 0 saturated heterocycles. The second kappa shape index (κ2) is 6.63. The average molecular weight is 378 g/mol. The Hall–Kier alpha value is -3.43. The van der Waals surface area contributed by atoms with E-state index < -0.39 is 17.8 Å². The zero-order valence-electron chi connectivity index (χ0n) is 14.4.